The van der Waals surface area contributed by atoms with Gasteiger partial charge in [-0.25, -0.2) is 0 Å². The molecule has 0 unspecified atom stereocenters. The summed E-state index contributed by atoms with van der Waals surface area (Å²) in [5.74, 6) is -0.142. The summed E-state index contributed by atoms with van der Waals surface area (Å²) >= 11 is 11.6. The van der Waals surface area contributed by atoms with Crippen LogP contribution in [0.5, 0.6) is 0 Å². The van der Waals surface area contributed by atoms with Crippen LogP contribution in [0.15, 0.2) is 42.5 Å². The lowest BCUT2D eigenvalue weighted by molar-refractivity contribution is -0.115. The van der Waals surface area contributed by atoms with Crippen LogP contribution in [0.4, 0.5) is 11.4 Å². The van der Waals surface area contributed by atoms with Gasteiger partial charge < -0.3 is 11.1 Å². The summed E-state index contributed by atoms with van der Waals surface area (Å²) in [4.78, 5) is 11.9. The molecule has 98 valence electrons. The quantitative estimate of drug-likeness (QED) is 0.847. The first-order chi connectivity index (χ1) is 9.04. The lowest BCUT2D eigenvalue weighted by atomic mass is 10.1. The third kappa shape index (κ3) is 3.88. The Kier molecular flexibility index (Phi) is 4.30. The van der Waals surface area contributed by atoms with Gasteiger partial charge in [0, 0.05) is 10.0 Å². The van der Waals surface area contributed by atoms with Crippen molar-refractivity contribution in [1.29, 1.82) is 0 Å². The Hall–Kier alpha value is -1.71. The van der Waals surface area contributed by atoms with Crippen LogP contribution in [0.2, 0.25) is 10.0 Å². The fraction of sp³-hybridized carbons (Fsp3) is 0.0714. The molecule has 1 amide bonds. The van der Waals surface area contributed by atoms with Crippen LogP contribution in [0.25, 0.3) is 0 Å². The lowest BCUT2D eigenvalue weighted by Gasteiger charge is -2.08. The molecule has 19 heavy (non-hydrogen) atoms. The fourth-order valence-corrected chi connectivity index (χ4v) is 1.94. The Labute approximate surface area is 121 Å². The Morgan fingerprint density at radius 1 is 1.05 bits per heavy atom. The molecule has 5 heteroatoms. The molecule has 2 aromatic carbocycles. The maximum atomic E-state index is 11.9. The zero-order chi connectivity index (χ0) is 13.8. The van der Waals surface area contributed by atoms with Crippen molar-refractivity contribution in [2.75, 3.05) is 11.1 Å². The molecule has 0 aliphatic heterocycles. The molecule has 0 spiro atoms. The van der Waals surface area contributed by atoms with Crippen LogP contribution < -0.4 is 11.1 Å². The van der Waals surface area contributed by atoms with E-state index in [-0.39, 0.29) is 12.3 Å². The highest BCUT2D eigenvalue weighted by Crippen LogP contribution is 2.22. The number of hydrogen-bond acceptors (Lipinski definition) is 2. The minimum Gasteiger partial charge on any atom is -0.397 e. The van der Waals surface area contributed by atoms with Gasteiger partial charge in [-0.2, -0.15) is 0 Å². The highest BCUT2D eigenvalue weighted by molar-refractivity contribution is 6.31. The second kappa shape index (κ2) is 5.95. The van der Waals surface area contributed by atoms with Crippen LogP contribution in [0.1, 0.15) is 5.56 Å². The van der Waals surface area contributed by atoms with Crippen LogP contribution in [0, 0.1) is 0 Å². The summed E-state index contributed by atoms with van der Waals surface area (Å²) in [6.45, 7) is 0. The minimum atomic E-state index is -0.142. The molecule has 2 aromatic rings. The molecular weight excluding hydrogens is 283 g/mol. The van der Waals surface area contributed by atoms with Gasteiger partial charge in [0.2, 0.25) is 5.91 Å². The molecule has 3 N–H and O–H groups in total. The van der Waals surface area contributed by atoms with E-state index in [9.17, 15) is 4.79 Å². The smallest absolute Gasteiger partial charge is 0.228 e. The average molecular weight is 295 g/mol. The van der Waals surface area contributed by atoms with Crippen molar-refractivity contribution in [1.82, 2.24) is 0 Å². The number of hydrogen-bond donors (Lipinski definition) is 2. The number of halogens is 2. The molecule has 2 rings (SSSR count). The van der Waals surface area contributed by atoms with Crippen molar-refractivity contribution in [2.24, 2.45) is 0 Å². The first-order valence-electron chi connectivity index (χ1n) is 5.64. The number of nitrogens with two attached hydrogens (primary N) is 1. The maximum Gasteiger partial charge on any atom is 0.228 e. The lowest BCUT2D eigenvalue weighted by Crippen LogP contribution is -2.15. The topological polar surface area (TPSA) is 55.1 Å². The molecule has 0 aromatic heterocycles. The molecule has 0 saturated heterocycles. The van der Waals surface area contributed by atoms with Gasteiger partial charge in [-0.3, -0.25) is 4.79 Å². The number of anilines is 2. The van der Waals surface area contributed by atoms with Crippen molar-refractivity contribution >= 4 is 40.5 Å². The number of carbonyl (C=O) groups is 1. The van der Waals surface area contributed by atoms with Crippen molar-refractivity contribution in [3.8, 4) is 0 Å². The third-order valence-electron chi connectivity index (χ3n) is 2.57. The largest absolute Gasteiger partial charge is 0.397 e. The number of rotatable bonds is 3. The van der Waals surface area contributed by atoms with E-state index in [1.165, 1.54) is 0 Å². The van der Waals surface area contributed by atoms with Gasteiger partial charge >= 0.3 is 0 Å². The molecule has 3 nitrogen and oxygen atoms in total. The van der Waals surface area contributed by atoms with Gasteiger partial charge in [0.15, 0.2) is 0 Å². The normalized spacial score (nSPS) is 10.2. The molecule has 0 fully saturated rings. The summed E-state index contributed by atoms with van der Waals surface area (Å²) in [6.07, 6.45) is 0.263. The zero-order valence-electron chi connectivity index (χ0n) is 9.99. The van der Waals surface area contributed by atoms with E-state index in [1.54, 1.807) is 30.3 Å². The van der Waals surface area contributed by atoms with Gasteiger partial charge in [0.05, 0.1) is 17.8 Å². The second-order valence-corrected chi connectivity index (χ2v) is 4.96. The predicted molar refractivity (Wildman–Crippen MR) is 79.7 cm³/mol. The predicted octanol–water partition coefficient (Wildman–Crippen LogP) is 3.76. The van der Waals surface area contributed by atoms with Gasteiger partial charge in [-0.05, 0) is 35.9 Å². The number of carbonyl (C=O) groups excluding carboxylic acids is 1. The monoisotopic (exact) mass is 294 g/mol. The summed E-state index contributed by atoms with van der Waals surface area (Å²) in [7, 11) is 0. The van der Waals surface area contributed by atoms with E-state index in [0.29, 0.717) is 21.4 Å². The zero-order valence-corrected chi connectivity index (χ0v) is 11.5. The van der Waals surface area contributed by atoms with Gasteiger partial charge in [0.25, 0.3) is 0 Å². The summed E-state index contributed by atoms with van der Waals surface area (Å²) in [5.41, 5.74) is 7.65. The van der Waals surface area contributed by atoms with Crippen molar-refractivity contribution in [3.63, 3.8) is 0 Å². The Morgan fingerprint density at radius 2 is 1.68 bits per heavy atom. The molecular formula is C14H12Cl2N2O. The molecule has 0 aliphatic carbocycles. The maximum absolute atomic E-state index is 11.9. The van der Waals surface area contributed by atoms with Crippen molar-refractivity contribution in [2.45, 2.75) is 6.42 Å². The van der Waals surface area contributed by atoms with Crippen molar-refractivity contribution < 1.29 is 4.79 Å². The van der Waals surface area contributed by atoms with Gasteiger partial charge in [-0.1, -0.05) is 35.3 Å². The van der Waals surface area contributed by atoms with E-state index < -0.39 is 0 Å². The molecule has 0 atom stereocenters. The van der Waals surface area contributed by atoms with Gasteiger partial charge in [-0.15, -0.1) is 0 Å². The van der Waals surface area contributed by atoms with E-state index in [2.05, 4.69) is 5.32 Å². The molecule has 0 heterocycles. The molecule has 0 aliphatic rings. The molecule has 0 radical (unpaired) electrons. The second-order valence-electron chi connectivity index (χ2n) is 4.08. The van der Waals surface area contributed by atoms with E-state index in [4.69, 9.17) is 28.9 Å². The van der Waals surface area contributed by atoms with Crippen LogP contribution in [0.3, 0.4) is 0 Å². The minimum absolute atomic E-state index is 0.142. The highest BCUT2D eigenvalue weighted by atomic mass is 35.5. The first-order valence-corrected chi connectivity index (χ1v) is 6.39. The molecule has 0 bridgehead atoms. The number of benzene rings is 2. The average Bonchev–Trinajstić information content (AvgIpc) is 2.36. The number of amides is 1. The summed E-state index contributed by atoms with van der Waals surface area (Å²) in [5, 5.41) is 3.92. The van der Waals surface area contributed by atoms with Crippen LogP contribution in [-0.4, -0.2) is 5.91 Å². The summed E-state index contributed by atoms with van der Waals surface area (Å²) < 4.78 is 0. The SMILES string of the molecule is Nc1cc(Cl)ccc1NC(=O)Cc1ccc(Cl)cc1. The fourth-order valence-electron chi connectivity index (χ4n) is 1.63. The van der Waals surface area contributed by atoms with Crippen molar-refractivity contribution in [3.05, 3.63) is 58.1 Å². The summed E-state index contributed by atoms with van der Waals surface area (Å²) in [6, 6.07) is 12.1. The third-order valence-corrected chi connectivity index (χ3v) is 3.05. The standard InChI is InChI=1S/C14H12Cl2N2O/c15-10-3-1-9(2-4-10)7-14(19)18-13-6-5-11(16)8-12(13)17/h1-6,8H,7,17H2,(H,18,19). The van der Waals surface area contributed by atoms with E-state index in [1.807, 2.05) is 12.1 Å². The Morgan fingerprint density at radius 3 is 2.32 bits per heavy atom. The van der Waals surface area contributed by atoms with Crippen LogP contribution >= 0.6 is 23.2 Å². The molecule has 0 saturated carbocycles. The Bertz CT molecular complexity index is 597. The van der Waals surface area contributed by atoms with Crippen LogP contribution in [-0.2, 0) is 11.2 Å². The Balaban J connectivity index is 2.03. The highest BCUT2D eigenvalue weighted by Gasteiger charge is 2.06. The van der Waals surface area contributed by atoms with E-state index in [0.717, 1.165) is 5.56 Å². The number of nitrogen functional groups attached to an aromatic ring is 1. The number of nitrogens with one attached hydrogen (secondary N) is 1. The van der Waals surface area contributed by atoms with E-state index >= 15 is 0 Å². The first kappa shape index (κ1) is 13.7. The van der Waals surface area contributed by atoms with Gasteiger partial charge in [0.1, 0.15) is 0 Å².